The molecule has 27 heavy (non-hydrogen) atoms. The predicted octanol–water partition coefficient (Wildman–Crippen LogP) is 2.65. The van der Waals surface area contributed by atoms with E-state index >= 15 is 0 Å². The summed E-state index contributed by atoms with van der Waals surface area (Å²) in [4.78, 5) is 24.8. The summed E-state index contributed by atoms with van der Waals surface area (Å²) in [6.07, 6.45) is -1.01. The maximum atomic E-state index is 12.4. The van der Waals surface area contributed by atoms with Gasteiger partial charge in [-0.25, -0.2) is 4.79 Å². The number of benzene rings is 1. The Morgan fingerprint density at radius 3 is 2.67 bits per heavy atom. The molecule has 0 saturated heterocycles. The summed E-state index contributed by atoms with van der Waals surface area (Å²) in [6, 6.07) is 2.92. The number of nitrogens with zero attached hydrogens (tertiary/aromatic N) is 2. The molecule has 0 saturated carbocycles. The fourth-order valence-electron chi connectivity index (χ4n) is 2.69. The van der Waals surface area contributed by atoms with Gasteiger partial charge in [0.15, 0.2) is 17.6 Å². The maximum absolute atomic E-state index is 12.4. The number of carbonyl (C=O) groups excluding carboxylic acids is 2. The highest BCUT2D eigenvalue weighted by Gasteiger charge is 2.24. The van der Waals surface area contributed by atoms with Crippen LogP contribution >= 0.6 is 11.6 Å². The van der Waals surface area contributed by atoms with Gasteiger partial charge < -0.3 is 19.5 Å². The highest BCUT2D eigenvalue weighted by atomic mass is 35.5. The van der Waals surface area contributed by atoms with Crippen LogP contribution < -0.4 is 14.8 Å². The standard InChI is InChI=1S/C18H20ClN3O5/c1-9-15(10(2)22(4)21-9)20-17(23)11(3)27-18(24)12-7-13(19)16-14(8-12)25-5-6-26-16/h7-8,11H,5-6H2,1-4H3,(H,20,23)/t11-/m1/s1. The summed E-state index contributed by atoms with van der Waals surface area (Å²) in [6.45, 7) is 5.87. The molecule has 9 heteroatoms. The maximum Gasteiger partial charge on any atom is 0.339 e. The number of hydrogen-bond donors (Lipinski definition) is 1. The van der Waals surface area contributed by atoms with Crippen molar-refractivity contribution in [2.75, 3.05) is 18.5 Å². The van der Waals surface area contributed by atoms with Crippen LogP contribution in [0.5, 0.6) is 11.5 Å². The summed E-state index contributed by atoms with van der Waals surface area (Å²) in [5.41, 5.74) is 2.27. The summed E-state index contributed by atoms with van der Waals surface area (Å²) in [7, 11) is 1.78. The van der Waals surface area contributed by atoms with E-state index in [1.165, 1.54) is 19.1 Å². The Morgan fingerprint density at radius 1 is 1.30 bits per heavy atom. The first-order valence-corrected chi connectivity index (χ1v) is 8.77. The molecular formula is C18H20ClN3O5. The zero-order valence-corrected chi connectivity index (χ0v) is 16.2. The molecule has 1 amide bonds. The first kappa shape index (κ1) is 19.0. The fraction of sp³-hybridized carbons (Fsp3) is 0.389. The molecule has 1 aliphatic heterocycles. The zero-order valence-electron chi connectivity index (χ0n) is 15.5. The Morgan fingerprint density at radius 2 is 2.00 bits per heavy atom. The molecule has 1 aromatic heterocycles. The van der Waals surface area contributed by atoms with Gasteiger partial charge in [-0.3, -0.25) is 9.48 Å². The van der Waals surface area contributed by atoms with E-state index in [1.807, 2.05) is 6.92 Å². The molecule has 0 aliphatic carbocycles. The number of rotatable bonds is 4. The van der Waals surface area contributed by atoms with Crippen molar-refractivity contribution in [1.82, 2.24) is 9.78 Å². The number of amides is 1. The molecular weight excluding hydrogens is 374 g/mol. The smallest absolute Gasteiger partial charge is 0.339 e. The normalized spacial score (nSPS) is 13.8. The van der Waals surface area contributed by atoms with Crippen molar-refractivity contribution in [3.8, 4) is 11.5 Å². The molecule has 0 bridgehead atoms. The van der Waals surface area contributed by atoms with Crippen molar-refractivity contribution in [2.45, 2.75) is 26.9 Å². The Balaban J connectivity index is 1.70. The number of anilines is 1. The number of aryl methyl sites for hydroxylation is 2. The molecule has 3 rings (SSSR count). The quantitative estimate of drug-likeness (QED) is 0.803. The monoisotopic (exact) mass is 393 g/mol. The van der Waals surface area contributed by atoms with E-state index in [9.17, 15) is 9.59 Å². The minimum atomic E-state index is -1.01. The van der Waals surface area contributed by atoms with Gasteiger partial charge >= 0.3 is 5.97 Å². The number of fused-ring (bicyclic) bond motifs is 1. The molecule has 2 heterocycles. The lowest BCUT2D eigenvalue weighted by molar-refractivity contribution is -0.123. The van der Waals surface area contributed by atoms with Crippen molar-refractivity contribution in [3.05, 3.63) is 34.1 Å². The van der Waals surface area contributed by atoms with Crippen LogP contribution in [0.3, 0.4) is 0 Å². The number of ether oxygens (including phenoxy) is 3. The molecule has 0 unspecified atom stereocenters. The number of aromatic nitrogens is 2. The summed E-state index contributed by atoms with van der Waals surface area (Å²) >= 11 is 6.13. The topological polar surface area (TPSA) is 91.7 Å². The Bertz CT molecular complexity index is 909. The third kappa shape index (κ3) is 3.85. The molecule has 0 spiro atoms. The molecule has 1 aromatic carbocycles. The van der Waals surface area contributed by atoms with E-state index in [0.717, 1.165) is 5.69 Å². The lowest BCUT2D eigenvalue weighted by Gasteiger charge is -2.20. The van der Waals surface area contributed by atoms with Crippen LogP contribution in [-0.2, 0) is 16.6 Å². The SMILES string of the molecule is Cc1nn(C)c(C)c1NC(=O)[C@@H](C)OC(=O)c1cc(Cl)c2c(c1)OCCO2. The van der Waals surface area contributed by atoms with E-state index in [1.54, 1.807) is 18.7 Å². The van der Waals surface area contributed by atoms with Crippen LogP contribution in [-0.4, -0.2) is 41.0 Å². The first-order chi connectivity index (χ1) is 12.8. The lowest BCUT2D eigenvalue weighted by atomic mass is 10.2. The molecule has 144 valence electrons. The van der Waals surface area contributed by atoms with Crippen molar-refractivity contribution in [1.29, 1.82) is 0 Å². The van der Waals surface area contributed by atoms with Crippen LogP contribution in [0, 0.1) is 13.8 Å². The third-order valence-electron chi connectivity index (χ3n) is 4.24. The highest BCUT2D eigenvalue weighted by molar-refractivity contribution is 6.32. The lowest BCUT2D eigenvalue weighted by Crippen LogP contribution is -2.30. The van der Waals surface area contributed by atoms with Crippen LogP contribution in [0.2, 0.25) is 5.02 Å². The van der Waals surface area contributed by atoms with Gasteiger partial charge in [0.25, 0.3) is 5.91 Å². The van der Waals surface area contributed by atoms with E-state index < -0.39 is 18.0 Å². The molecule has 1 atom stereocenters. The second kappa shape index (κ2) is 7.48. The van der Waals surface area contributed by atoms with Crippen LogP contribution in [0.25, 0.3) is 0 Å². The molecule has 0 fully saturated rings. The summed E-state index contributed by atoms with van der Waals surface area (Å²) in [5, 5.41) is 7.23. The van der Waals surface area contributed by atoms with Gasteiger partial charge in [0.1, 0.15) is 13.2 Å². The van der Waals surface area contributed by atoms with Crippen LogP contribution in [0.15, 0.2) is 12.1 Å². The highest BCUT2D eigenvalue weighted by Crippen LogP contribution is 2.38. The number of esters is 1. The molecule has 0 radical (unpaired) electrons. The van der Waals surface area contributed by atoms with Gasteiger partial charge in [0.2, 0.25) is 0 Å². The number of nitrogens with one attached hydrogen (secondary N) is 1. The van der Waals surface area contributed by atoms with Crippen molar-refractivity contribution in [2.24, 2.45) is 7.05 Å². The minimum Gasteiger partial charge on any atom is -0.486 e. The van der Waals surface area contributed by atoms with Gasteiger partial charge in [0, 0.05) is 7.05 Å². The van der Waals surface area contributed by atoms with E-state index in [0.29, 0.717) is 36.1 Å². The molecule has 1 aliphatic rings. The first-order valence-electron chi connectivity index (χ1n) is 8.39. The van der Waals surface area contributed by atoms with Crippen molar-refractivity contribution >= 4 is 29.2 Å². The van der Waals surface area contributed by atoms with Gasteiger partial charge in [0.05, 0.1) is 27.7 Å². The third-order valence-corrected chi connectivity index (χ3v) is 4.52. The van der Waals surface area contributed by atoms with E-state index in [-0.39, 0.29) is 10.6 Å². The second-order valence-electron chi connectivity index (χ2n) is 6.19. The Labute approximate surface area is 161 Å². The molecule has 2 aromatic rings. The average molecular weight is 394 g/mol. The average Bonchev–Trinajstić information content (AvgIpc) is 2.87. The number of halogens is 1. The fourth-order valence-corrected chi connectivity index (χ4v) is 2.96. The van der Waals surface area contributed by atoms with E-state index in [2.05, 4.69) is 10.4 Å². The van der Waals surface area contributed by atoms with Crippen LogP contribution in [0.1, 0.15) is 28.7 Å². The number of hydrogen-bond acceptors (Lipinski definition) is 6. The zero-order chi connectivity index (χ0) is 19.7. The van der Waals surface area contributed by atoms with Gasteiger partial charge in [-0.05, 0) is 32.9 Å². The predicted molar refractivity (Wildman–Crippen MR) is 98.6 cm³/mol. The molecule has 8 nitrogen and oxygen atoms in total. The number of carbonyl (C=O) groups is 2. The largest absolute Gasteiger partial charge is 0.486 e. The van der Waals surface area contributed by atoms with Crippen molar-refractivity contribution in [3.63, 3.8) is 0 Å². The minimum absolute atomic E-state index is 0.178. The van der Waals surface area contributed by atoms with Gasteiger partial charge in [-0.15, -0.1) is 0 Å². The van der Waals surface area contributed by atoms with Gasteiger partial charge in [-0.1, -0.05) is 11.6 Å². The van der Waals surface area contributed by atoms with E-state index in [4.69, 9.17) is 25.8 Å². The Kier molecular flexibility index (Phi) is 5.27. The van der Waals surface area contributed by atoms with Gasteiger partial charge in [-0.2, -0.15) is 5.10 Å². The van der Waals surface area contributed by atoms with Crippen molar-refractivity contribution < 1.29 is 23.8 Å². The van der Waals surface area contributed by atoms with Crippen LogP contribution in [0.4, 0.5) is 5.69 Å². The second-order valence-corrected chi connectivity index (χ2v) is 6.60. The summed E-state index contributed by atoms with van der Waals surface area (Å²) in [5.74, 6) is -0.366. The Hall–Kier alpha value is -2.74. The molecule has 1 N–H and O–H groups in total. The summed E-state index contributed by atoms with van der Waals surface area (Å²) < 4.78 is 17.8.